The first kappa shape index (κ1) is 11.7. The van der Waals surface area contributed by atoms with Crippen LogP contribution in [0.25, 0.3) is 11.4 Å². The second-order valence-electron chi connectivity index (χ2n) is 3.64. The third-order valence-corrected chi connectivity index (χ3v) is 3.24. The van der Waals surface area contributed by atoms with Crippen molar-refractivity contribution in [2.45, 2.75) is 12.1 Å². The Bertz CT molecular complexity index is 516. The maximum absolute atomic E-state index is 5.95. The Balaban J connectivity index is 2.30. The fraction of sp³-hybridized carbons (Fsp3) is 0.167. The van der Waals surface area contributed by atoms with Crippen molar-refractivity contribution in [3.8, 4) is 11.4 Å². The average Bonchev–Trinajstić information content (AvgIpc) is 2.69. The molecular formula is C12H14N4S. The summed E-state index contributed by atoms with van der Waals surface area (Å²) < 4.78 is 1.51. The van der Waals surface area contributed by atoms with Crippen LogP contribution in [-0.4, -0.2) is 20.6 Å². The van der Waals surface area contributed by atoms with Crippen molar-refractivity contribution in [1.82, 2.24) is 14.9 Å². The zero-order chi connectivity index (χ0) is 12.3. The maximum atomic E-state index is 5.95. The molecule has 0 aliphatic rings. The normalized spacial score (nSPS) is 10.4. The molecule has 0 aliphatic heterocycles. The Morgan fingerprint density at radius 2 is 2.06 bits per heavy atom. The number of rotatable bonds is 4. The van der Waals surface area contributed by atoms with E-state index < -0.39 is 0 Å². The summed E-state index contributed by atoms with van der Waals surface area (Å²) in [5.74, 6) is 7.40. The third kappa shape index (κ3) is 2.50. The molecule has 0 atom stereocenters. The van der Waals surface area contributed by atoms with Gasteiger partial charge in [0.1, 0.15) is 0 Å². The van der Waals surface area contributed by atoms with E-state index in [2.05, 4.69) is 16.8 Å². The van der Waals surface area contributed by atoms with Gasteiger partial charge >= 0.3 is 0 Å². The van der Waals surface area contributed by atoms with Gasteiger partial charge in [0.2, 0.25) is 5.16 Å². The summed E-state index contributed by atoms with van der Waals surface area (Å²) in [6.07, 6.45) is 1.81. The number of benzene rings is 1. The SMILES string of the molecule is C=CCSc1nnc(-c2ccc(C)cc2)n1N. The molecule has 0 aliphatic carbocycles. The molecule has 88 valence electrons. The number of hydrogen-bond donors (Lipinski definition) is 1. The van der Waals surface area contributed by atoms with Gasteiger partial charge in [-0.25, -0.2) is 4.68 Å². The molecular weight excluding hydrogens is 232 g/mol. The highest BCUT2D eigenvalue weighted by molar-refractivity contribution is 7.99. The van der Waals surface area contributed by atoms with Gasteiger partial charge in [0.25, 0.3) is 0 Å². The summed E-state index contributed by atoms with van der Waals surface area (Å²) in [5, 5.41) is 8.85. The first-order valence-electron chi connectivity index (χ1n) is 5.23. The first-order chi connectivity index (χ1) is 8.22. The van der Waals surface area contributed by atoms with Crippen LogP contribution in [-0.2, 0) is 0 Å². The fourth-order valence-corrected chi connectivity index (χ4v) is 2.00. The summed E-state index contributed by atoms with van der Waals surface area (Å²) in [5.41, 5.74) is 2.18. The van der Waals surface area contributed by atoms with E-state index in [1.807, 2.05) is 37.3 Å². The predicted octanol–water partition coefficient (Wildman–Crippen LogP) is 2.25. The lowest BCUT2D eigenvalue weighted by Gasteiger charge is -2.02. The zero-order valence-electron chi connectivity index (χ0n) is 9.63. The molecule has 0 fully saturated rings. The number of hydrogen-bond acceptors (Lipinski definition) is 4. The van der Waals surface area contributed by atoms with E-state index in [9.17, 15) is 0 Å². The Hall–Kier alpha value is -1.75. The minimum absolute atomic E-state index is 0.677. The van der Waals surface area contributed by atoms with E-state index in [-0.39, 0.29) is 0 Å². The average molecular weight is 246 g/mol. The Morgan fingerprint density at radius 3 is 2.71 bits per heavy atom. The van der Waals surface area contributed by atoms with E-state index >= 15 is 0 Å². The molecule has 0 saturated heterocycles. The number of nitrogens with zero attached hydrogens (tertiary/aromatic N) is 3. The predicted molar refractivity (Wildman–Crippen MR) is 71.3 cm³/mol. The number of aromatic nitrogens is 3. The summed E-state index contributed by atoms with van der Waals surface area (Å²) in [6, 6.07) is 8.04. The smallest absolute Gasteiger partial charge is 0.210 e. The van der Waals surface area contributed by atoms with Gasteiger partial charge in [-0.2, -0.15) is 0 Å². The second-order valence-corrected chi connectivity index (χ2v) is 4.63. The molecule has 2 aromatic rings. The van der Waals surface area contributed by atoms with Gasteiger partial charge in [0.15, 0.2) is 5.82 Å². The van der Waals surface area contributed by atoms with Crippen LogP contribution in [0.15, 0.2) is 42.1 Å². The molecule has 0 bridgehead atoms. The van der Waals surface area contributed by atoms with Crippen molar-refractivity contribution in [2.24, 2.45) is 0 Å². The van der Waals surface area contributed by atoms with Crippen LogP contribution in [0.3, 0.4) is 0 Å². The topological polar surface area (TPSA) is 56.7 Å². The van der Waals surface area contributed by atoms with Gasteiger partial charge in [-0.3, -0.25) is 0 Å². The largest absolute Gasteiger partial charge is 0.335 e. The van der Waals surface area contributed by atoms with Crippen LogP contribution in [0.5, 0.6) is 0 Å². The Labute approximate surface area is 105 Å². The van der Waals surface area contributed by atoms with Crippen LogP contribution in [0.4, 0.5) is 0 Å². The van der Waals surface area contributed by atoms with Gasteiger partial charge in [-0.15, -0.1) is 16.8 Å². The van der Waals surface area contributed by atoms with Crippen molar-refractivity contribution in [3.63, 3.8) is 0 Å². The van der Waals surface area contributed by atoms with Gasteiger partial charge in [-0.1, -0.05) is 47.7 Å². The quantitative estimate of drug-likeness (QED) is 0.510. The monoisotopic (exact) mass is 246 g/mol. The first-order valence-corrected chi connectivity index (χ1v) is 6.22. The van der Waals surface area contributed by atoms with Crippen LogP contribution >= 0.6 is 11.8 Å². The molecule has 0 unspecified atom stereocenters. The van der Waals surface area contributed by atoms with Crippen LogP contribution < -0.4 is 5.84 Å². The molecule has 0 amide bonds. The maximum Gasteiger partial charge on any atom is 0.210 e. The Morgan fingerprint density at radius 1 is 1.35 bits per heavy atom. The van der Waals surface area contributed by atoms with Crippen molar-refractivity contribution >= 4 is 11.8 Å². The van der Waals surface area contributed by atoms with E-state index in [1.54, 1.807) is 0 Å². The van der Waals surface area contributed by atoms with Crippen molar-refractivity contribution < 1.29 is 0 Å². The molecule has 1 heterocycles. The van der Waals surface area contributed by atoms with Crippen molar-refractivity contribution in [1.29, 1.82) is 0 Å². The highest BCUT2D eigenvalue weighted by atomic mass is 32.2. The third-order valence-electron chi connectivity index (χ3n) is 2.30. The lowest BCUT2D eigenvalue weighted by atomic mass is 10.1. The van der Waals surface area contributed by atoms with Gasteiger partial charge < -0.3 is 5.84 Å². The number of nitrogen functional groups attached to an aromatic ring is 1. The molecule has 17 heavy (non-hydrogen) atoms. The molecule has 0 radical (unpaired) electrons. The summed E-state index contributed by atoms with van der Waals surface area (Å²) >= 11 is 1.51. The van der Waals surface area contributed by atoms with E-state index in [0.717, 1.165) is 11.3 Å². The number of aryl methyl sites for hydroxylation is 1. The van der Waals surface area contributed by atoms with Crippen molar-refractivity contribution in [3.05, 3.63) is 42.5 Å². The molecule has 2 N–H and O–H groups in total. The molecule has 1 aromatic heterocycles. The number of thioether (sulfide) groups is 1. The summed E-state index contributed by atoms with van der Waals surface area (Å²) in [7, 11) is 0. The molecule has 5 heteroatoms. The lowest BCUT2D eigenvalue weighted by molar-refractivity contribution is 0.851. The standard InChI is InChI=1S/C12H14N4S/c1-3-8-17-12-15-14-11(16(12)13)10-6-4-9(2)5-7-10/h3-7H,1,8,13H2,2H3. The molecule has 0 saturated carbocycles. The van der Waals surface area contributed by atoms with Crippen molar-refractivity contribution in [2.75, 3.05) is 11.6 Å². The lowest BCUT2D eigenvalue weighted by Crippen LogP contribution is -2.11. The molecule has 0 spiro atoms. The highest BCUT2D eigenvalue weighted by Gasteiger charge is 2.10. The van der Waals surface area contributed by atoms with E-state index in [1.165, 1.54) is 22.0 Å². The Kier molecular flexibility index (Phi) is 3.49. The summed E-state index contributed by atoms with van der Waals surface area (Å²) in [4.78, 5) is 0. The molecule has 4 nitrogen and oxygen atoms in total. The van der Waals surface area contributed by atoms with E-state index in [4.69, 9.17) is 5.84 Å². The highest BCUT2D eigenvalue weighted by Crippen LogP contribution is 2.21. The zero-order valence-corrected chi connectivity index (χ0v) is 10.4. The van der Waals surface area contributed by atoms with Crippen LogP contribution in [0.1, 0.15) is 5.56 Å². The summed E-state index contributed by atoms with van der Waals surface area (Å²) in [6.45, 7) is 5.70. The number of nitrogens with two attached hydrogens (primary N) is 1. The van der Waals surface area contributed by atoms with Crippen LogP contribution in [0.2, 0.25) is 0 Å². The van der Waals surface area contributed by atoms with Gasteiger partial charge in [0.05, 0.1) is 0 Å². The molecule has 2 rings (SSSR count). The second kappa shape index (κ2) is 5.05. The van der Waals surface area contributed by atoms with Crippen LogP contribution in [0, 0.1) is 6.92 Å². The minimum atomic E-state index is 0.677. The van der Waals surface area contributed by atoms with Gasteiger partial charge in [-0.05, 0) is 6.92 Å². The fourth-order valence-electron chi connectivity index (χ4n) is 1.41. The minimum Gasteiger partial charge on any atom is -0.335 e. The van der Waals surface area contributed by atoms with Gasteiger partial charge in [0, 0.05) is 11.3 Å². The molecule has 1 aromatic carbocycles. The van der Waals surface area contributed by atoms with E-state index in [0.29, 0.717) is 11.0 Å².